The summed E-state index contributed by atoms with van der Waals surface area (Å²) in [7, 11) is 0. The van der Waals surface area contributed by atoms with Crippen molar-refractivity contribution in [1.82, 2.24) is 10.2 Å². The summed E-state index contributed by atoms with van der Waals surface area (Å²) >= 11 is 11.8. The van der Waals surface area contributed by atoms with Crippen LogP contribution < -0.4 is 4.74 Å². The highest BCUT2D eigenvalue weighted by Gasteiger charge is 2.19. The third-order valence-corrected chi connectivity index (χ3v) is 3.60. The minimum absolute atomic E-state index is 0.136. The molecule has 0 aliphatic carbocycles. The van der Waals surface area contributed by atoms with Crippen molar-refractivity contribution in [3.05, 3.63) is 52.5 Å². The second-order valence-corrected chi connectivity index (χ2v) is 5.76. The van der Waals surface area contributed by atoms with Crippen LogP contribution in [0.2, 0.25) is 10.0 Å². The van der Waals surface area contributed by atoms with E-state index in [1.807, 2.05) is 0 Å². The maximum Gasteiger partial charge on any atom is 0.347 e. The number of rotatable bonds is 6. The molecule has 3 rings (SSSR count). The molecule has 0 unspecified atom stereocenters. The van der Waals surface area contributed by atoms with Gasteiger partial charge in [-0.2, -0.15) is 0 Å². The lowest BCUT2D eigenvalue weighted by Gasteiger charge is -2.14. The third kappa shape index (κ3) is 4.32. The van der Waals surface area contributed by atoms with Gasteiger partial charge in [0.2, 0.25) is 0 Å². The molecule has 130 valence electrons. The lowest BCUT2D eigenvalue weighted by molar-refractivity contribution is -0.153. The number of aromatic nitrogens is 2. The van der Waals surface area contributed by atoms with Gasteiger partial charge in [-0.05, 0) is 37.3 Å². The summed E-state index contributed by atoms with van der Waals surface area (Å²) in [4.78, 5) is 12.0. The van der Waals surface area contributed by atoms with Crippen LogP contribution in [0.25, 0.3) is 11.7 Å². The highest BCUT2D eigenvalue weighted by molar-refractivity contribution is 6.35. The van der Waals surface area contributed by atoms with E-state index in [-0.39, 0.29) is 18.4 Å². The van der Waals surface area contributed by atoms with Crippen molar-refractivity contribution in [3.63, 3.8) is 0 Å². The maximum atomic E-state index is 12.0. The van der Waals surface area contributed by atoms with Crippen molar-refractivity contribution in [2.45, 2.75) is 19.6 Å². The normalized spacial score (nSPS) is 12.0. The van der Waals surface area contributed by atoms with E-state index in [1.165, 1.54) is 19.3 Å². The first-order valence-corrected chi connectivity index (χ1v) is 7.93. The van der Waals surface area contributed by atoms with Crippen LogP contribution in [0.3, 0.4) is 0 Å². The Morgan fingerprint density at radius 3 is 2.84 bits per heavy atom. The molecule has 0 spiro atoms. The summed E-state index contributed by atoms with van der Waals surface area (Å²) in [6.07, 6.45) is 0.603. The summed E-state index contributed by atoms with van der Waals surface area (Å²) in [5.41, 5.74) is 0. The summed E-state index contributed by atoms with van der Waals surface area (Å²) in [6, 6.07) is 8.07. The predicted octanol–water partition coefficient (Wildman–Crippen LogP) is 4.15. The van der Waals surface area contributed by atoms with E-state index < -0.39 is 12.1 Å². The van der Waals surface area contributed by atoms with Gasteiger partial charge in [0.1, 0.15) is 5.75 Å². The van der Waals surface area contributed by atoms with Crippen LogP contribution in [0.5, 0.6) is 5.75 Å². The van der Waals surface area contributed by atoms with Crippen LogP contribution in [-0.2, 0) is 16.1 Å². The van der Waals surface area contributed by atoms with Crippen LogP contribution in [0.15, 0.2) is 45.4 Å². The van der Waals surface area contributed by atoms with Crippen molar-refractivity contribution in [3.8, 4) is 17.4 Å². The fourth-order valence-corrected chi connectivity index (χ4v) is 2.32. The first kappa shape index (κ1) is 17.3. The van der Waals surface area contributed by atoms with E-state index in [4.69, 9.17) is 41.5 Å². The molecular weight excluding hydrogens is 371 g/mol. The summed E-state index contributed by atoms with van der Waals surface area (Å²) in [5, 5.41) is 8.35. The van der Waals surface area contributed by atoms with Gasteiger partial charge in [0.15, 0.2) is 18.5 Å². The van der Waals surface area contributed by atoms with Crippen LogP contribution in [0.4, 0.5) is 0 Å². The van der Waals surface area contributed by atoms with E-state index >= 15 is 0 Å². The summed E-state index contributed by atoms with van der Waals surface area (Å²) in [6.45, 7) is 1.35. The van der Waals surface area contributed by atoms with Gasteiger partial charge in [0.25, 0.3) is 11.8 Å². The van der Waals surface area contributed by atoms with Gasteiger partial charge in [-0.25, -0.2) is 4.79 Å². The van der Waals surface area contributed by atoms with E-state index in [1.54, 1.807) is 24.3 Å². The smallest absolute Gasteiger partial charge is 0.347 e. The molecule has 2 aromatic heterocycles. The molecule has 0 fully saturated rings. The zero-order valence-corrected chi connectivity index (χ0v) is 14.5. The Labute approximate surface area is 152 Å². The number of furan rings is 1. The first-order chi connectivity index (χ1) is 12.0. The molecule has 1 aromatic carbocycles. The molecule has 9 heteroatoms. The molecule has 0 saturated carbocycles. The molecule has 0 bridgehead atoms. The Morgan fingerprint density at radius 2 is 2.12 bits per heavy atom. The molecule has 0 N–H and O–H groups in total. The van der Waals surface area contributed by atoms with Crippen LogP contribution >= 0.6 is 23.2 Å². The first-order valence-electron chi connectivity index (χ1n) is 7.17. The average molecular weight is 383 g/mol. The number of halogens is 2. The van der Waals surface area contributed by atoms with Crippen LogP contribution in [-0.4, -0.2) is 22.3 Å². The average Bonchev–Trinajstić information content (AvgIpc) is 3.26. The topological polar surface area (TPSA) is 87.6 Å². The molecule has 0 amide bonds. The molecule has 0 saturated heterocycles. The van der Waals surface area contributed by atoms with Gasteiger partial charge in [0.05, 0.1) is 11.3 Å². The van der Waals surface area contributed by atoms with Gasteiger partial charge in [-0.1, -0.05) is 23.2 Å². The van der Waals surface area contributed by atoms with E-state index in [2.05, 4.69) is 10.2 Å². The molecule has 7 nitrogen and oxygen atoms in total. The zero-order chi connectivity index (χ0) is 17.8. The number of carbonyl (C=O) groups excluding carboxylic acids is 1. The van der Waals surface area contributed by atoms with Crippen molar-refractivity contribution in [2.24, 2.45) is 0 Å². The minimum Gasteiger partial charge on any atom is -0.477 e. The molecule has 0 radical (unpaired) electrons. The lowest BCUT2D eigenvalue weighted by atomic mass is 10.3. The quantitative estimate of drug-likeness (QED) is 0.591. The highest BCUT2D eigenvalue weighted by atomic mass is 35.5. The number of nitrogens with zero attached hydrogens (tertiary/aromatic N) is 2. The SMILES string of the molecule is C[C@@H](Oc1ccc(Cl)cc1Cl)C(=O)OCc1nnc(-c2ccco2)o1. The second-order valence-electron chi connectivity index (χ2n) is 4.92. The molecule has 0 aliphatic heterocycles. The molecule has 25 heavy (non-hydrogen) atoms. The Kier molecular flexibility index (Phi) is 5.25. The minimum atomic E-state index is -0.883. The Hall–Kier alpha value is -2.51. The molecule has 3 aromatic rings. The third-order valence-electron chi connectivity index (χ3n) is 3.07. The van der Waals surface area contributed by atoms with Crippen molar-refractivity contribution in [2.75, 3.05) is 0 Å². The number of carbonyl (C=O) groups is 1. The van der Waals surface area contributed by atoms with Gasteiger partial charge < -0.3 is 18.3 Å². The molecule has 1 atom stereocenters. The monoisotopic (exact) mass is 382 g/mol. The van der Waals surface area contributed by atoms with Gasteiger partial charge in [-0.15, -0.1) is 10.2 Å². The highest BCUT2D eigenvalue weighted by Crippen LogP contribution is 2.28. The molecule has 0 aliphatic rings. The number of ether oxygens (including phenoxy) is 2. The van der Waals surface area contributed by atoms with Crippen molar-refractivity contribution < 1.29 is 23.1 Å². The summed E-state index contributed by atoms with van der Waals surface area (Å²) < 4.78 is 21.0. The Bertz CT molecular complexity index is 863. The number of hydrogen-bond acceptors (Lipinski definition) is 7. The zero-order valence-electron chi connectivity index (χ0n) is 12.9. The van der Waals surface area contributed by atoms with Crippen molar-refractivity contribution in [1.29, 1.82) is 0 Å². The van der Waals surface area contributed by atoms with Crippen LogP contribution in [0.1, 0.15) is 12.8 Å². The van der Waals surface area contributed by atoms with E-state index in [0.29, 0.717) is 21.6 Å². The van der Waals surface area contributed by atoms with Gasteiger partial charge >= 0.3 is 5.97 Å². The van der Waals surface area contributed by atoms with Crippen LogP contribution in [0, 0.1) is 0 Å². The molecular formula is C16H12Cl2N2O5. The van der Waals surface area contributed by atoms with Crippen molar-refractivity contribution >= 4 is 29.2 Å². The molecule has 2 heterocycles. The lowest BCUT2D eigenvalue weighted by Crippen LogP contribution is -2.26. The maximum absolute atomic E-state index is 12.0. The Balaban J connectivity index is 1.55. The predicted molar refractivity (Wildman–Crippen MR) is 88.3 cm³/mol. The second kappa shape index (κ2) is 7.58. The standard InChI is InChI=1S/C16H12Cl2N2O5/c1-9(24-12-5-4-10(17)7-11(12)18)16(21)23-8-14-19-20-15(25-14)13-3-2-6-22-13/h2-7,9H,8H2,1H3/t9-/m1/s1. The Morgan fingerprint density at radius 1 is 1.28 bits per heavy atom. The largest absolute Gasteiger partial charge is 0.477 e. The van der Waals surface area contributed by atoms with Gasteiger partial charge in [-0.3, -0.25) is 0 Å². The fourth-order valence-electron chi connectivity index (χ4n) is 1.87. The van der Waals surface area contributed by atoms with Gasteiger partial charge in [0, 0.05) is 5.02 Å². The van der Waals surface area contributed by atoms with E-state index in [9.17, 15) is 4.79 Å². The summed E-state index contributed by atoms with van der Waals surface area (Å²) in [5.74, 6) is 0.487. The fraction of sp³-hybridized carbons (Fsp3) is 0.188. The number of esters is 1. The number of benzene rings is 1. The van der Waals surface area contributed by atoms with E-state index in [0.717, 1.165) is 0 Å². The number of hydrogen-bond donors (Lipinski definition) is 0.